The first-order chi connectivity index (χ1) is 8.64. The summed E-state index contributed by atoms with van der Waals surface area (Å²) in [6.07, 6.45) is 0.879. The average Bonchev–Trinajstić information content (AvgIpc) is 2.64. The standard InChI is InChI=1S/C10H15Br2F3O2S2/c11-6-9(7-12,2-3-18-10(13,14)15)8-1-4-19(16,17)5-8/h8H,1-7H2. The molecule has 0 bridgehead atoms. The molecule has 1 unspecified atom stereocenters. The van der Waals surface area contributed by atoms with Crippen molar-refractivity contribution in [2.24, 2.45) is 11.3 Å². The van der Waals surface area contributed by atoms with Gasteiger partial charge in [0.05, 0.1) is 11.5 Å². The molecule has 1 fully saturated rings. The highest BCUT2D eigenvalue weighted by atomic mass is 79.9. The zero-order valence-electron chi connectivity index (χ0n) is 10.0. The summed E-state index contributed by atoms with van der Waals surface area (Å²) in [4.78, 5) is 0. The van der Waals surface area contributed by atoms with Gasteiger partial charge in [0.2, 0.25) is 0 Å². The molecule has 1 atom stereocenters. The quantitative estimate of drug-likeness (QED) is 0.580. The summed E-state index contributed by atoms with van der Waals surface area (Å²) in [6.45, 7) is 0. The van der Waals surface area contributed by atoms with Gasteiger partial charge in [0.1, 0.15) is 0 Å². The van der Waals surface area contributed by atoms with Crippen LogP contribution in [0.25, 0.3) is 0 Å². The molecule has 0 aromatic heterocycles. The van der Waals surface area contributed by atoms with E-state index in [1.165, 1.54) is 0 Å². The van der Waals surface area contributed by atoms with Gasteiger partial charge < -0.3 is 0 Å². The van der Waals surface area contributed by atoms with Gasteiger partial charge in [-0.15, -0.1) is 0 Å². The van der Waals surface area contributed by atoms with E-state index in [0.717, 1.165) is 0 Å². The van der Waals surface area contributed by atoms with Crippen LogP contribution in [0.1, 0.15) is 12.8 Å². The Hall–Kier alpha value is 1.05. The lowest BCUT2D eigenvalue weighted by molar-refractivity contribution is -0.0329. The highest BCUT2D eigenvalue weighted by molar-refractivity contribution is 9.09. The molecule has 9 heteroatoms. The molecule has 0 saturated carbocycles. The van der Waals surface area contributed by atoms with E-state index in [0.29, 0.717) is 23.5 Å². The van der Waals surface area contributed by atoms with Gasteiger partial charge in [-0.2, -0.15) is 13.2 Å². The van der Waals surface area contributed by atoms with Crippen LogP contribution in [0.5, 0.6) is 0 Å². The summed E-state index contributed by atoms with van der Waals surface area (Å²) in [5.41, 5.74) is -4.66. The van der Waals surface area contributed by atoms with Gasteiger partial charge in [-0.05, 0) is 24.2 Å². The third-order valence-corrected chi connectivity index (χ3v) is 8.23. The Labute approximate surface area is 132 Å². The maximum absolute atomic E-state index is 12.2. The van der Waals surface area contributed by atoms with Crippen LogP contribution in [0.2, 0.25) is 0 Å². The third-order valence-electron chi connectivity index (χ3n) is 3.50. The minimum absolute atomic E-state index is 0.0412. The van der Waals surface area contributed by atoms with Crippen LogP contribution in [-0.4, -0.2) is 41.8 Å². The summed E-state index contributed by atoms with van der Waals surface area (Å²) in [5, 5.41) is 1.01. The highest BCUT2D eigenvalue weighted by Crippen LogP contribution is 2.44. The lowest BCUT2D eigenvalue weighted by Gasteiger charge is -2.35. The number of halogens is 5. The lowest BCUT2D eigenvalue weighted by Crippen LogP contribution is -2.36. The second-order valence-corrected chi connectivity index (χ2v) is 9.28. The molecule has 0 radical (unpaired) electrons. The van der Waals surface area contributed by atoms with E-state index in [1.807, 2.05) is 0 Å². The lowest BCUT2D eigenvalue weighted by atomic mass is 9.76. The van der Waals surface area contributed by atoms with Crippen molar-refractivity contribution < 1.29 is 21.6 Å². The Balaban J connectivity index is 2.69. The van der Waals surface area contributed by atoms with Crippen molar-refractivity contribution in [2.45, 2.75) is 18.3 Å². The Morgan fingerprint density at radius 2 is 1.79 bits per heavy atom. The molecule has 0 amide bonds. The molecule has 1 rings (SSSR count). The molecule has 1 heterocycles. The van der Waals surface area contributed by atoms with Gasteiger partial charge in [0.15, 0.2) is 9.84 Å². The van der Waals surface area contributed by atoms with E-state index in [9.17, 15) is 21.6 Å². The normalized spacial score (nSPS) is 23.7. The predicted molar refractivity (Wildman–Crippen MR) is 79.9 cm³/mol. The van der Waals surface area contributed by atoms with Gasteiger partial charge in [-0.25, -0.2) is 8.42 Å². The van der Waals surface area contributed by atoms with Crippen LogP contribution < -0.4 is 0 Å². The molecular formula is C10H15Br2F3O2S2. The van der Waals surface area contributed by atoms with Crippen LogP contribution in [0.3, 0.4) is 0 Å². The van der Waals surface area contributed by atoms with Crippen molar-refractivity contribution in [1.29, 1.82) is 0 Å². The van der Waals surface area contributed by atoms with Crippen molar-refractivity contribution in [2.75, 3.05) is 27.9 Å². The second-order valence-electron chi connectivity index (χ2n) is 4.77. The van der Waals surface area contributed by atoms with Crippen LogP contribution in [0.4, 0.5) is 13.2 Å². The van der Waals surface area contributed by atoms with Gasteiger partial charge in [0, 0.05) is 16.4 Å². The number of hydrogen-bond donors (Lipinski definition) is 0. The first-order valence-corrected chi connectivity index (χ1v) is 10.7. The zero-order valence-corrected chi connectivity index (χ0v) is 14.9. The Kier molecular flexibility index (Phi) is 6.55. The number of thioether (sulfide) groups is 1. The maximum Gasteiger partial charge on any atom is 0.441 e. The van der Waals surface area contributed by atoms with Crippen molar-refractivity contribution in [3.8, 4) is 0 Å². The molecule has 1 saturated heterocycles. The maximum atomic E-state index is 12.2. The third kappa shape index (κ3) is 5.39. The van der Waals surface area contributed by atoms with E-state index in [4.69, 9.17) is 0 Å². The van der Waals surface area contributed by atoms with E-state index < -0.39 is 20.8 Å². The van der Waals surface area contributed by atoms with E-state index in [-0.39, 0.29) is 34.9 Å². The first-order valence-electron chi connectivity index (χ1n) is 5.67. The van der Waals surface area contributed by atoms with Gasteiger partial charge >= 0.3 is 5.51 Å². The monoisotopic (exact) mass is 446 g/mol. The number of alkyl halides is 5. The van der Waals surface area contributed by atoms with Crippen molar-refractivity contribution in [1.82, 2.24) is 0 Å². The van der Waals surface area contributed by atoms with Gasteiger partial charge in [-0.1, -0.05) is 43.6 Å². The largest absolute Gasteiger partial charge is 0.441 e. The summed E-state index contributed by atoms with van der Waals surface area (Å²) in [7, 11) is -3.02. The van der Waals surface area contributed by atoms with Gasteiger partial charge in [0.25, 0.3) is 0 Å². The molecule has 0 spiro atoms. The summed E-state index contributed by atoms with van der Waals surface area (Å²) in [5.74, 6) is 0.106. The molecule has 2 nitrogen and oxygen atoms in total. The summed E-state index contributed by atoms with van der Waals surface area (Å²) >= 11 is 6.65. The van der Waals surface area contributed by atoms with E-state index >= 15 is 0 Å². The van der Waals surface area contributed by atoms with Crippen molar-refractivity contribution >= 4 is 53.5 Å². The topological polar surface area (TPSA) is 34.1 Å². The Bertz CT molecular complexity index is 394. The molecule has 0 N–H and O–H groups in total. The predicted octanol–water partition coefficient (Wildman–Crippen LogP) is 3.84. The molecule has 114 valence electrons. The fourth-order valence-corrected chi connectivity index (χ4v) is 7.33. The smallest absolute Gasteiger partial charge is 0.229 e. The van der Waals surface area contributed by atoms with Crippen molar-refractivity contribution in [3.05, 3.63) is 0 Å². The number of hydrogen-bond acceptors (Lipinski definition) is 3. The molecule has 0 aromatic rings. The van der Waals surface area contributed by atoms with E-state index in [1.54, 1.807) is 0 Å². The molecule has 0 aliphatic carbocycles. The molecule has 1 aliphatic heterocycles. The average molecular weight is 448 g/mol. The van der Waals surface area contributed by atoms with Crippen LogP contribution in [-0.2, 0) is 9.84 Å². The molecule has 19 heavy (non-hydrogen) atoms. The first kappa shape index (κ1) is 18.1. The van der Waals surface area contributed by atoms with Crippen LogP contribution in [0.15, 0.2) is 0 Å². The fraction of sp³-hybridized carbons (Fsp3) is 1.00. The Morgan fingerprint density at radius 1 is 1.21 bits per heavy atom. The van der Waals surface area contributed by atoms with Gasteiger partial charge in [-0.3, -0.25) is 0 Å². The summed E-state index contributed by atoms with van der Waals surface area (Å²) < 4.78 is 59.6. The summed E-state index contributed by atoms with van der Waals surface area (Å²) in [6, 6.07) is 0. The highest BCUT2D eigenvalue weighted by Gasteiger charge is 2.43. The SMILES string of the molecule is O=S1(=O)CCC(C(CBr)(CBr)CCSC(F)(F)F)C1. The van der Waals surface area contributed by atoms with Crippen molar-refractivity contribution in [3.63, 3.8) is 0 Å². The van der Waals surface area contributed by atoms with Crippen LogP contribution >= 0.6 is 43.6 Å². The molecule has 1 aliphatic rings. The minimum atomic E-state index is -4.23. The molecule has 0 aromatic carbocycles. The fourth-order valence-electron chi connectivity index (χ4n) is 2.24. The molecular weight excluding hydrogens is 433 g/mol. The van der Waals surface area contributed by atoms with E-state index in [2.05, 4.69) is 31.9 Å². The second kappa shape index (κ2) is 6.87. The number of sulfone groups is 1. The zero-order chi connectivity index (χ0) is 14.7. The van der Waals surface area contributed by atoms with Crippen LogP contribution in [0, 0.1) is 11.3 Å². The Morgan fingerprint density at radius 3 is 2.16 bits per heavy atom. The number of rotatable bonds is 6. The minimum Gasteiger partial charge on any atom is -0.229 e.